The molecule has 0 saturated carbocycles. The summed E-state index contributed by atoms with van der Waals surface area (Å²) in [5.74, 6) is 1.96. The average molecular weight is 847 g/mol. The number of ether oxygens (including phenoxy) is 4. The lowest BCUT2D eigenvalue weighted by molar-refractivity contribution is 0.263. The van der Waals surface area contributed by atoms with Crippen LogP contribution in [0.15, 0.2) is 72.8 Å². The second-order valence-electron chi connectivity index (χ2n) is 18.8. The lowest BCUT2D eigenvalue weighted by Gasteiger charge is -2.43. The van der Waals surface area contributed by atoms with Gasteiger partial charge in [0.25, 0.3) is 0 Å². The average Bonchev–Trinajstić information content (AvgIpc) is 4.16. The van der Waals surface area contributed by atoms with E-state index in [1.54, 1.807) is 0 Å². The second kappa shape index (κ2) is 28.4. The topological polar surface area (TPSA) is 52.8 Å². The summed E-state index contributed by atoms with van der Waals surface area (Å²) < 4.78 is 29.7. The Morgan fingerprint density at radius 3 is 1.34 bits per heavy atom. The molecule has 2 aromatic rings. The summed E-state index contributed by atoms with van der Waals surface area (Å²) in [5, 5.41) is 0. The molecule has 0 aliphatic carbocycles. The molecule has 332 valence electrons. The number of epoxide rings is 2. The summed E-state index contributed by atoms with van der Waals surface area (Å²) in [7, 11) is -3.66. The minimum absolute atomic E-state index is 0.309. The van der Waals surface area contributed by atoms with Crippen LogP contribution in [0.4, 0.5) is 0 Å². The van der Waals surface area contributed by atoms with E-state index in [-0.39, 0.29) is 0 Å². The van der Waals surface area contributed by atoms with E-state index in [0.717, 1.165) is 48.6 Å². The highest BCUT2D eigenvalue weighted by atomic mass is 28.4. The molecule has 4 unspecified atom stereocenters. The van der Waals surface area contributed by atoms with Crippen LogP contribution in [0.25, 0.3) is 0 Å². The van der Waals surface area contributed by atoms with Gasteiger partial charge in [-0.1, -0.05) is 127 Å². The molecule has 0 aromatic heterocycles. The SMILES string of the molecule is CCCC(CC/C=C\CCCCCCCc1cccc(OCC2CO2)c1)[Si](C)(C)O[Si](C)(C)C(CCC)CC/C=C/CCCCCCCc1cccc(OCC2CO2)c1. The van der Waals surface area contributed by atoms with Crippen LogP contribution in [0.3, 0.4) is 0 Å². The van der Waals surface area contributed by atoms with Gasteiger partial charge < -0.3 is 23.1 Å². The molecule has 2 fully saturated rings. The predicted molar refractivity (Wildman–Crippen MR) is 256 cm³/mol. The maximum absolute atomic E-state index is 7.46. The molecule has 0 bridgehead atoms. The van der Waals surface area contributed by atoms with Gasteiger partial charge >= 0.3 is 0 Å². The molecular weight excluding hydrogens is 761 g/mol. The van der Waals surface area contributed by atoms with Crippen molar-refractivity contribution in [3.63, 3.8) is 0 Å². The number of benzene rings is 2. The third kappa shape index (κ3) is 22.0. The van der Waals surface area contributed by atoms with Gasteiger partial charge in [-0.25, -0.2) is 0 Å². The van der Waals surface area contributed by atoms with Crippen molar-refractivity contribution in [2.24, 2.45) is 0 Å². The maximum atomic E-state index is 7.46. The Kier molecular flexibility index (Phi) is 23.9. The van der Waals surface area contributed by atoms with E-state index in [1.807, 2.05) is 0 Å². The normalized spacial score (nSPS) is 17.8. The van der Waals surface area contributed by atoms with Gasteiger partial charge in [0.2, 0.25) is 0 Å². The minimum atomic E-state index is -1.83. The van der Waals surface area contributed by atoms with Crippen molar-refractivity contribution in [2.75, 3.05) is 26.4 Å². The molecule has 5 nitrogen and oxygen atoms in total. The number of unbranched alkanes of at least 4 members (excludes halogenated alkanes) is 10. The van der Waals surface area contributed by atoms with Crippen LogP contribution < -0.4 is 9.47 Å². The van der Waals surface area contributed by atoms with Crippen molar-refractivity contribution in [3.05, 3.63) is 84.0 Å². The molecular formula is C52H86O5Si2. The van der Waals surface area contributed by atoms with Crippen molar-refractivity contribution in [2.45, 2.75) is 205 Å². The predicted octanol–water partition coefficient (Wildman–Crippen LogP) is 15.1. The van der Waals surface area contributed by atoms with Gasteiger partial charge in [0.15, 0.2) is 16.6 Å². The van der Waals surface area contributed by atoms with E-state index in [9.17, 15) is 0 Å². The highest BCUT2D eigenvalue weighted by molar-refractivity contribution is 6.86. The molecule has 7 heteroatoms. The van der Waals surface area contributed by atoms with Crippen molar-refractivity contribution in [3.8, 4) is 11.5 Å². The molecule has 2 aliphatic heterocycles. The van der Waals surface area contributed by atoms with Crippen molar-refractivity contribution >= 4 is 16.6 Å². The number of rotatable bonds is 36. The first kappa shape index (κ1) is 49.5. The minimum Gasteiger partial charge on any atom is -0.491 e. The van der Waals surface area contributed by atoms with Gasteiger partial charge in [0.05, 0.1) is 13.2 Å². The Morgan fingerprint density at radius 2 is 0.932 bits per heavy atom. The number of aryl methyl sites for hydroxylation is 2. The fourth-order valence-corrected chi connectivity index (χ4v) is 19.3. The molecule has 0 radical (unpaired) electrons. The van der Waals surface area contributed by atoms with Crippen LogP contribution in [0.1, 0.15) is 153 Å². The lowest BCUT2D eigenvalue weighted by atomic mass is 10.0. The van der Waals surface area contributed by atoms with Crippen molar-refractivity contribution in [1.29, 1.82) is 0 Å². The fourth-order valence-electron chi connectivity index (χ4n) is 8.82. The first-order valence-corrected chi connectivity index (χ1v) is 30.3. The van der Waals surface area contributed by atoms with E-state index < -0.39 is 16.6 Å². The molecule has 2 aromatic carbocycles. The largest absolute Gasteiger partial charge is 0.491 e. The van der Waals surface area contributed by atoms with Crippen LogP contribution in [-0.4, -0.2) is 55.3 Å². The standard InChI is InChI=1S/C52H86O5Si2/c1-7-29-51(37-25-21-17-13-9-11-15-19-23-31-45-33-27-35-47(39-45)53-41-49-43-55-49)58(3,4)57-59(5,6)52(30-8-2)38-26-22-18-14-10-12-16-20-24-32-46-34-28-36-48(40-46)54-42-50-44-56-50/h17-18,21-22,27-28,33-36,39-40,49-52H,7-16,19-20,23-26,29-32,37-38,41-44H2,1-6H3/b21-17-,22-18+. The monoisotopic (exact) mass is 847 g/mol. The van der Waals surface area contributed by atoms with Crippen LogP contribution in [0, 0.1) is 0 Å². The van der Waals surface area contributed by atoms with E-state index in [0.29, 0.717) is 25.4 Å². The zero-order chi connectivity index (χ0) is 42.0. The highest BCUT2D eigenvalue weighted by Gasteiger charge is 2.42. The molecule has 0 amide bonds. The van der Waals surface area contributed by atoms with Gasteiger partial charge in [-0.2, -0.15) is 0 Å². The second-order valence-corrected chi connectivity index (χ2v) is 27.7. The Labute approximate surface area is 364 Å². The molecule has 4 rings (SSSR count). The van der Waals surface area contributed by atoms with Crippen molar-refractivity contribution < 1.29 is 23.1 Å². The quantitative estimate of drug-likeness (QED) is 0.0296. The Hall–Kier alpha value is -2.17. The van der Waals surface area contributed by atoms with Gasteiger partial charge in [-0.15, -0.1) is 0 Å². The van der Waals surface area contributed by atoms with E-state index in [2.05, 4.69) is 113 Å². The Morgan fingerprint density at radius 1 is 0.542 bits per heavy atom. The van der Waals surface area contributed by atoms with E-state index >= 15 is 0 Å². The van der Waals surface area contributed by atoms with Crippen LogP contribution in [0.2, 0.25) is 37.3 Å². The Bertz CT molecular complexity index is 1340. The summed E-state index contributed by atoms with van der Waals surface area (Å²) in [4.78, 5) is 0. The molecule has 2 heterocycles. The van der Waals surface area contributed by atoms with Gasteiger partial charge in [0, 0.05) is 0 Å². The Balaban J connectivity index is 1.03. The van der Waals surface area contributed by atoms with Crippen LogP contribution in [-0.2, 0) is 26.4 Å². The molecule has 2 aliphatic rings. The van der Waals surface area contributed by atoms with Crippen LogP contribution >= 0.6 is 0 Å². The number of hydrogen-bond donors (Lipinski definition) is 0. The third-order valence-electron chi connectivity index (χ3n) is 12.6. The van der Waals surface area contributed by atoms with Gasteiger partial charge in [-0.3, -0.25) is 0 Å². The highest BCUT2D eigenvalue weighted by Crippen LogP contribution is 2.40. The third-order valence-corrected chi connectivity index (χ3v) is 21.9. The number of hydrogen-bond acceptors (Lipinski definition) is 5. The first-order valence-electron chi connectivity index (χ1n) is 24.3. The molecule has 0 spiro atoms. The van der Waals surface area contributed by atoms with Gasteiger partial charge in [0.1, 0.15) is 36.9 Å². The molecule has 2 saturated heterocycles. The smallest absolute Gasteiger partial charge is 0.176 e. The summed E-state index contributed by atoms with van der Waals surface area (Å²) in [6.07, 6.45) is 38.4. The zero-order valence-electron chi connectivity index (χ0n) is 38.7. The van der Waals surface area contributed by atoms with E-state index in [1.165, 1.54) is 140 Å². The zero-order valence-corrected chi connectivity index (χ0v) is 40.7. The lowest BCUT2D eigenvalue weighted by Crippen LogP contribution is -2.50. The summed E-state index contributed by atoms with van der Waals surface area (Å²) in [6.45, 7) is 18.0. The summed E-state index contributed by atoms with van der Waals surface area (Å²) in [5.41, 5.74) is 4.26. The summed E-state index contributed by atoms with van der Waals surface area (Å²) >= 11 is 0. The first-order chi connectivity index (χ1) is 28.7. The van der Waals surface area contributed by atoms with Gasteiger partial charge in [-0.05, 0) is 150 Å². The maximum Gasteiger partial charge on any atom is 0.176 e. The van der Waals surface area contributed by atoms with Crippen LogP contribution in [0.5, 0.6) is 11.5 Å². The number of allylic oxidation sites excluding steroid dienone is 4. The summed E-state index contributed by atoms with van der Waals surface area (Å²) in [6, 6.07) is 17.2. The van der Waals surface area contributed by atoms with Crippen molar-refractivity contribution in [1.82, 2.24) is 0 Å². The molecule has 59 heavy (non-hydrogen) atoms. The molecule has 0 N–H and O–H groups in total. The van der Waals surface area contributed by atoms with E-state index in [4.69, 9.17) is 23.1 Å². The molecule has 4 atom stereocenters. The fraction of sp³-hybridized carbons (Fsp3) is 0.692.